The van der Waals surface area contributed by atoms with Crippen molar-refractivity contribution in [1.82, 2.24) is 24.5 Å². The van der Waals surface area contributed by atoms with Gasteiger partial charge in [-0.15, -0.1) is 5.10 Å². The molecule has 2 aliphatic rings. The smallest absolute Gasteiger partial charge is 0.243 e. The Labute approximate surface area is 295 Å². The van der Waals surface area contributed by atoms with Gasteiger partial charge in [0.05, 0.1) is 43.0 Å². The van der Waals surface area contributed by atoms with Crippen LogP contribution >= 0.6 is 0 Å². The molecule has 3 aromatic carbocycles. The molecule has 0 bridgehead atoms. The fourth-order valence-corrected chi connectivity index (χ4v) is 8.78. The fraction of sp³-hybridized carbons (Fsp3) is 0.486. The Morgan fingerprint density at radius 1 is 1.02 bits per heavy atom. The quantitative estimate of drug-likeness (QED) is 0.160. The van der Waals surface area contributed by atoms with E-state index in [-0.39, 0.29) is 29.4 Å². The first kappa shape index (κ1) is 35.8. The first-order valence-corrected chi connectivity index (χ1v) is 18.7. The van der Waals surface area contributed by atoms with Crippen molar-refractivity contribution in [3.8, 4) is 11.5 Å². The monoisotopic (exact) mass is 704 g/mol. The molecule has 1 saturated heterocycles. The van der Waals surface area contributed by atoms with E-state index >= 15 is 0 Å². The van der Waals surface area contributed by atoms with Gasteiger partial charge in [-0.05, 0) is 98.0 Å². The number of methoxy groups -OCH3 is 2. The minimum Gasteiger partial charge on any atom is -0.497 e. The molecule has 50 heavy (non-hydrogen) atoms. The highest BCUT2D eigenvalue weighted by Gasteiger charge is 2.43. The van der Waals surface area contributed by atoms with Crippen LogP contribution in [0.4, 0.5) is 5.69 Å². The first-order valence-electron chi connectivity index (χ1n) is 17.3. The van der Waals surface area contributed by atoms with Crippen LogP contribution < -0.4 is 14.4 Å². The summed E-state index contributed by atoms with van der Waals surface area (Å²) in [6.07, 6.45) is 1.58. The third kappa shape index (κ3) is 7.96. The molecule has 4 aromatic rings. The van der Waals surface area contributed by atoms with Gasteiger partial charge in [0.2, 0.25) is 10.0 Å². The lowest BCUT2D eigenvalue weighted by Crippen LogP contribution is -2.52. The van der Waals surface area contributed by atoms with E-state index in [4.69, 9.17) is 18.9 Å². The number of anilines is 1. The second kappa shape index (κ2) is 15.9. The molecule has 2 aliphatic heterocycles. The molecule has 0 aliphatic carbocycles. The molecule has 1 aromatic heterocycles. The van der Waals surface area contributed by atoms with Gasteiger partial charge < -0.3 is 23.8 Å². The van der Waals surface area contributed by atoms with E-state index in [2.05, 4.69) is 38.6 Å². The minimum atomic E-state index is -3.88. The summed E-state index contributed by atoms with van der Waals surface area (Å²) in [5.74, 6) is 2.22. The Balaban J connectivity index is 1.32. The molecular weight excluding hydrogens is 657 g/mol. The zero-order chi connectivity index (χ0) is 35.3. The van der Waals surface area contributed by atoms with Gasteiger partial charge in [-0.2, -0.15) is 4.31 Å². The fourth-order valence-electron chi connectivity index (χ4n) is 7.12. The van der Waals surface area contributed by atoms with Gasteiger partial charge in [0.15, 0.2) is 0 Å². The molecule has 0 spiro atoms. The van der Waals surface area contributed by atoms with Gasteiger partial charge in [-0.1, -0.05) is 35.9 Å². The number of hydrogen-bond acceptors (Lipinski definition) is 10. The predicted octanol–water partition coefficient (Wildman–Crippen LogP) is 5.32. The number of aryl methyl sites for hydroxylation is 2. The number of fused-ring (bicyclic) bond motifs is 1. The molecule has 0 saturated carbocycles. The van der Waals surface area contributed by atoms with Gasteiger partial charge in [-0.25, -0.2) is 13.1 Å². The third-order valence-electron chi connectivity index (χ3n) is 9.82. The van der Waals surface area contributed by atoms with Crippen molar-refractivity contribution in [3.05, 3.63) is 89.2 Å². The summed E-state index contributed by atoms with van der Waals surface area (Å²) in [5, 5.41) is 12.1. The van der Waals surface area contributed by atoms with Crippen LogP contribution in [0.2, 0.25) is 0 Å². The van der Waals surface area contributed by atoms with E-state index in [1.165, 1.54) is 0 Å². The number of sulfonamides is 1. The Morgan fingerprint density at radius 2 is 1.80 bits per heavy atom. The summed E-state index contributed by atoms with van der Waals surface area (Å²) >= 11 is 0. The maximum absolute atomic E-state index is 14.5. The highest BCUT2D eigenvalue weighted by Crippen LogP contribution is 2.40. The summed E-state index contributed by atoms with van der Waals surface area (Å²) in [6, 6.07) is 20.8. The molecule has 0 N–H and O–H groups in total. The Hall–Kier alpha value is -4.04. The lowest BCUT2D eigenvalue weighted by atomic mass is 9.82. The van der Waals surface area contributed by atoms with E-state index in [0.29, 0.717) is 38.5 Å². The van der Waals surface area contributed by atoms with Gasteiger partial charge in [0.1, 0.15) is 23.9 Å². The summed E-state index contributed by atoms with van der Waals surface area (Å²) < 4.78 is 55.9. The largest absolute Gasteiger partial charge is 0.497 e. The molecule has 1 fully saturated rings. The van der Waals surface area contributed by atoms with Crippen LogP contribution in [0.5, 0.6) is 11.5 Å². The molecule has 3 heterocycles. The second-order valence-electron chi connectivity index (χ2n) is 13.2. The summed E-state index contributed by atoms with van der Waals surface area (Å²) in [4.78, 5) is 2.60. The summed E-state index contributed by atoms with van der Waals surface area (Å²) in [5.41, 5.74) is 4.11. The van der Waals surface area contributed by atoms with E-state index in [1.807, 2.05) is 57.2 Å². The van der Waals surface area contributed by atoms with E-state index in [0.717, 1.165) is 53.4 Å². The number of hydrogen-bond donors (Lipinski definition) is 0. The summed E-state index contributed by atoms with van der Waals surface area (Å²) in [6.45, 7) is 9.35. The number of nitrogens with zero attached hydrogens (tertiary/aromatic N) is 6. The Morgan fingerprint density at radius 3 is 2.50 bits per heavy atom. The molecule has 6 rings (SSSR count). The maximum Gasteiger partial charge on any atom is 0.243 e. The van der Waals surface area contributed by atoms with Crippen LogP contribution in [0.3, 0.4) is 0 Å². The van der Waals surface area contributed by atoms with Crippen LogP contribution in [0.1, 0.15) is 60.7 Å². The van der Waals surface area contributed by atoms with Crippen LogP contribution in [0, 0.1) is 13.8 Å². The highest BCUT2D eigenvalue weighted by atomic mass is 32.2. The van der Waals surface area contributed by atoms with Crippen LogP contribution in [0.25, 0.3) is 0 Å². The van der Waals surface area contributed by atoms with E-state index in [9.17, 15) is 8.42 Å². The molecular formula is C37H48N6O6S. The van der Waals surface area contributed by atoms with Gasteiger partial charge in [-0.3, -0.25) is 0 Å². The number of benzene rings is 3. The van der Waals surface area contributed by atoms with Crippen molar-refractivity contribution < 1.29 is 27.4 Å². The van der Waals surface area contributed by atoms with E-state index in [1.54, 1.807) is 35.3 Å². The molecule has 12 nitrogen and oxygen atoms in total. The topological polar surface area (TPSA) is 121 Å². The van der Waals surface area contributed by atoms with Crippen molar-refractivity contribution in [2.75, 3.05) is 52.0 Å². The number of tetrazole rings is 1. The van der Waals surface area contributed by atoms with Crippen molar-refractivity contribution in [2.24, 2.45) is 0 Å². The van der Waals surface area contributed by atoms with Crippen molar-refractivity contribution in [1.29, 1.82) is 0 Å². The Bertz CT molecular complexity index is 1820. The van der Waals surface area contributed by atoms with Gasteiger partial charge in [0.25, 0.3) is 0 Å². The molecule has 0 amide bonds. The van der Waals surface area contributed by atoms with E-state index < -0.39 is 16.1 Å². The molecule has 13 heteroatoms. The molecule has 268 valence electrons. The number of rotatable bonds is 14. The SMILES string of the molecule is COCCCN1CCOc2ccc(CO[C@H]3CN(S(=O)(=O)c4ccc(C)cc4)[C@@H](C[C@@H](C)n4nnnc4C)C[C@@H]3c3ccc(OC)cc3)cc21. The summed E-state index contributed by atoms with van der Waals surface area (Å²) in [7, 11) is -0.507. The normalized spacial score (nSPS) is 20.3. The molecule has 0 unspecified atom stereocenters. The van der Waals surface area contributed by atoms with Crippen LogP contribution in [0.15, 0.2) is 71.6 Å². The zero-order valence-corrected chi connectivity index (χ0v) is 30.4. The molecule has 4 atom stereocenters. The molecule has 0 radical (unpaired) electrons. The second-order valence-corrected chi connectivity index (χ2v) is 15.1. The predicted molar refractivity (Wildman–Crippen MR) is 190 cm³/mol. The van der Waals surface area contributed by atoms with Crippen molar-refractivity contribution in [3.63, 3.8) is 0 Å². The number of ether oxygens (including phenoxy) is 4. The average molecular weight is 705 g/mol. The average Bonchev–Trinajstić information content (AvgIpc) is 3.57. The van der Waals surface area contributed by atoms with Crippen LogP contribution in [-0.4, -0.2) is 92.1 Å². The standard InChI is InChI=1S/C37H48N6O6S/c1-26-7-14-33(15-8-26)50(44,45)42-24-37(49-25-29-9-16-36-35(22-29)41(18-20-48-36)17-6-19-46-4)34(30-10-12-32(47-5)13-11-30)23-31(42)21-27(2)43-28(3)38-39-40-43/h7-16,22,27,31,34,37H,6,17-21,23-25H2,1-5H3/t27-,31+,34-,37+/m1/s1. The van der Waals surface area contributed by atoms with Crippen LogP contribution in [-0.2, 0) is 26.1 Å². The van der Waals surface area contributed by atoms with Crippen molar-refractivity contribution >= 4 is 15.7 Å². The Kier molecular flexibility index (Phi) is 11.4. The lowest BCUT2D eigenvalue weighted by Gasteiger charge is -2.44. The first-order chi connectivity index (χ1) is 24.2. The number of piperidine rings is 1. The van der Waals surface area contributed by atoms with Gasteiger partial charge in [0, 0.05) is 38.8 Å². The third-order valence-corrected chi connectivity index (χ3v) is 11.8. The number of aromatic nitrogens is 4. The van der Waals surface area contributed by atoms with Gasteiger partial charge >= 0.3 is 0 Å². The highest BCUT2D eigenvalue weighted by molar-refractivity contribution is 7.89. The van der Waals surface area contributed by atoms with Crippen molar-refractivity contribution in [2.45, 2.75) is 75.6 Å². The maximum atomic E-state index is 14.5. The zero-order valence-electron chi connectivity index (χ0n) is 29.6. The lowest BCUT2D eigenvalue weighted by molar-refractivity contribution is -0.0224. The minimum absolute atomic E-state index is 0.0796.